The number of aliphatic hydroxyl groups is 1. The van der Waals surface area contributed by atoms with Gasteiger partial charge in [-0.25, -0.2) is 0 Å². The van der Waals surface area contributed by atoms with Gasteiger partial charge in [-0.15, -0.1) is 0 Å². The number of nitrogens with two attached hydrogens (primary N) is 1. The second-order valence-corrected chi connectivity index (χ2v) is 3.16. The van der Waals surface area contributed by atoms with Crippen molar-refractivity contribution in [3.63, 3.8) is 0 Å². The predicted octanol–water partition coefficient (Wildman–Crippen LogP) is 0.139. The molecule has 0 aliphatic carbocycles. The summed E-state index contributed by atoms with van der Waals surface area (Å²) in [6, 6.07) is 0.541. The number of hydrogen-bond donors (Lipinski definition) is 2. The standard InChI is InChI=1S/C8H18N2O/c9-7-10-5-2-1-3-8(10)4-6-11/h8,11H,1-7,9H2. The van der Waals surface area contributed by atoms with Crippen molar-refractivity contribution in [3.8, 4) is 0 Å². The summed E-state index contributed by atoms with van der Waals surface area (Å²) in [5.41, 5.74) is 5.57. The molecule has 0 aromatic carbocycles. The lowest BCUT2D eigenvalue weighted by Crippen LogP contribution is -2.43. The Morgan fingerprint density at radius 2 is 2.27 bits per heavy atom. The van der Waals surface area contributed by atoms with Gasteiger partial charge < -0.3 is 10.8 Å². The first-order chi connectivity index (χ1) is 5.38. The van der Waals surface area contributed by atoms with Crippen molar-refractivity contribution in [2.45, 2.75) is 31.7 Å². The summed E-state index contributed by atoms with van der Waals surface area (Å²) in [5.74, 6) is 0. The minimum Gasteiger partial charge on any atom is -0.396 e. The highest BCUT2D eigenvalue weighted by Gasteiger charge is 2.19. The summed E-state index contributed by atoms with van der Waals surface area (Å²) >= 11 is 0. The smallest absolute Gasteiger partial charge is 0.0457 e. The van der Waals surface area contributed by atoms with Crippen LogP contribution in [0.2, 0.25) is 0 Å². The van der Waals surface area contributed by atoms with E-state index in [4.69, 9.17) is 10.8 Å². The summed E-state index contributed by atoms with van der Waals surface area (Å²) in [6.07, 6.45) is 4.65. The molecular weight excluding hydrogens is 140 g/mol. The summed E-state index contributed by atoms with van der Waals surface area (Å²) in [4.78, 5) is 2.26. The van der Waals surface area contributed by atoms with Crippen LogP contribution >= 0.6 is 0 Å². The van der Waals surface area contributed by atoms with Crippen LogP contribution < -0.4 is 5.73 Å². The van der Waals surface area contributed by atoms with Gasteiger partial charge in [0.1, 0.15) is 0 Å². The molecular formula is C8H18N2O. The Hall–Kier alpha value is -0.120. The highest BCUT2D eigenvalue weighted by atomic mass is 16.3. The molecule has 3 heteroatoms. The van der Waals surface area contributed by atoms with Gasteiger partial charge in [0.2, 0.25) is 0 Å². The molecule has 1 rings (SSSR count). The second kappa shape index (κ2) is 4.70. The van der Waals surface area contributed by atoms with Crippen LogP contribution in [0.1, 0.15) is 25.7 Å². The lowest BCUT2D eigenvalue weighted by molar-refractivity contribution is 0.122. The maximum atomic E-state index is 8.76. The summed E-state index contributed by atoms with van der Waals surface area (Å²) in [5, 5.41) is 8.76. The van der Waals surface area contributed by atoms with Crippen molar-refractivity contribution in [1.29, 1.82) is 0 Å². The first-order valence-corrected chi connectivity index (χ1v) is 4.43. The van der Waals surface area contributed by atoms with Gasteiger partial charge in [0.25, 0.3) is 0 Å². The fourth-order valence-electron chi connectivity index (χ4n) is 1.78. The Morgan fingerprint density at radius 3 is 2.91 bits per heavy atom. The van der Waals surface area contributed by atoms with E-state index in [1.807, 2.05) is 0 Å². The SMILES string of the molecule is NCN1CCCCC1CCO. The maximum absolute atomic E-state index is 8.76. The van der Waals surface area contributed by atoms with Crippen LogP contribution in [0.25, 0.3) is 0 Å². The number of nitrogens with zero attached hydrogens (tertiary/aromatic N) is 1. The van der Waals surface area contributed by atoms with Gasteiger partial charge in [-0.3, -0.25) is 4.90 Å². The third kappa shape index (κ3) is 2.43. The molecule has 0 spiro atoms. The molecule has 0 bridgehead atoms. The Morgan fingerprint density at radius 1 is 1.45 bits per heavy atom. The van der Waals surface area contributed by atoms with Crippen molar-refractivity contribution in [1.82, 2.24) is 4.90 Å². The van der Waals surface area contributed by atoms with Gasteiger partial charge in [-0.05, 0) is 25.8 Å². The van der Waals surface area contributed by atoms with E-state index in [9.17, 15) is 0 Å². The van der Waals surface area contributed by atoms with Crippen molar-refractivity contribution in [2.75, 3.05) is 19.8 Å². The van der Waals surface area contributed by atoms with Crippen LogP contribution in [0.4, 0.5) is 0 Å². The molecule has 0 radical (unpaired) electrons. The molecule has 0 amide bonds. The molecule has 1 saturated heterocycles. The van der Waals surface area contributed by atoms with E-state index in [1.54, 1.807) is 0 Å². The number of likely N-dealkylation sites (tertiary alicyclic amines) is 1. The van der Waals surface area contributed by atoms with Gasteiger partial charge in [0.15, 0.2) is 0 Å². The van der Waals surface area contributed by atoms with Gasteiger partial charge in [-0.1, -0.05) is 6.42 Å². The fraction of sp³-hybridized carbons (Fsp3) is 1.00. The number of rotatable bonds is 3. The van der Waals surface area contributed by atoms with E-state index < -0.39 is 0 Å². The number of aliphatic hydroxyl groups excluding tert-OH is 1. The third-order valence-electron chi connectivity index (χ3n) is 2.45. The molecule has 11 heavy (non-hydrogen) atoms. The number of hydrogen-bond acceptors (Lipinski definition) is 3. The zero-order chi connectivity index (χ0) is 8.10. The van der Waals surface area contributed by atoms with Crippen LogP contribution in [0.5, 0.6) is 0 Å². The Labute approximate surface area is 68.2 Å². The van der Waals surface area contributed by atoms with Crippen molar-refractivity contribution in [3.05, 3.63) is 0 Å². The molecule has 1 aliphatic rings. The third-order valence-corrected chi connectivity index (χ3v) is 2.45. The lowest BCUT2D eigenvalue weighted by atomic mass is 10.0. The van der Waals surface area contributed by atoms with Crippen LogP contribution in [-0.4, -0.2) is 35.9 Å². The molecule has 0 saturated carbocycles. The molecule has 0 aromatic heterocycles. The maximum Gasteiger partial charge on any atom is 0.0457 e. The fourth-order valence-corrected chi connectivity index (χ4v) is 1.78. The van der Waals surface area contributed by atoms with Crippen LogP contribution in [0.3, 0.4) is 0 Å². The topological polar surface area (TPSA) is 49.5 Å². The first-order valence-electron chi connectivity index (χ1n) is 4.43. The van der Waals surface area contributed by atoms with E-state index in [2.05, 4.69) is 4.90 Å². The molecule has 1 heterocycles. The normalized spacial score (nSPS) is 27.3. The van der Waals surface area contributed by atoms with Gasteiger partial charge in [0, 0.05) is 19.3 Å². The molecule has 3 N–H and O–H groups in total. The minimum atomic E-state index is 0.293. The largest absolute Gasteiger partial charge is 0.396 e. The van der Waals surface area contributed by atoms with Crippen molar-refractivity contribution < 1.29 is 5.11 Å². The zero-order valence-electron chi connectivity index (χ0n) is 7.00. The monoisotopic (exact) mass is 158 g/mol. The van der Waals surface area contributed by atoms with Gasteiger partial charge >= 0.3 is 0 Å². The van der Waals surface area contributed by atoms with E-state index in [-0.39, 0.29) is 0 Å². The number of piperidine rings is 1. The molecule has 1 atom stereocenters. The highest BCUT2D eigenvalue weighted by molar-refractivity contribution is 4.74. The van der Waals surface area contributed by atoms with Crippen LogP contribution in [0, 0.1) is 0 Å². The van der Waals surface area contributed by atoms with Crippen LogP contribution in [-0.2, 0) is 0 Å². The molecule has 0 aromatic rings. The van der Waals surface area contributed by atoms with E-state index in [0.717, 1.165) is 13.0 Å². The molecule has 1 fully saturated rings. The average molecular weight is 158 g/mol. The summed E-state index contributed by atoms with van der Waals surface area (Å²) in [7, 11) is 0. The Kier molecular flexibility index (Phi) is 3.83. The van der Waals surface area contributed by atoms with Crippen molar-refractivity contribution >= 4 is 0 Å². The highest BCUT2D eigenvalue weighted by Crippen LogP contribution is 2.17. The molecule has 1 aliphatic heterocycles. The van der Waals surface area contributed by atoms with Gasteiger partial charge in [0.05, 0.1) is 0 Å². The molecule has 1 unspecified atom stereocenters. The summed E-state index contributed by atoms with van der Waals surface area (Å²) < 4.78 is 0. The van der Waals surface area contributed by atoms with E-state index >= 15 is 0 Å². The Bertz CT molecular complexity index is 106. The second-order valence-electron chi connectivity index (χ2n) is 3.16. The predicted molar refractivity (Wildman–Crippen MR) is 45.1 cm³/mol. The van der Waals surface area contributed by atoms with E-state index in [1.165, 1.54) is 19.3 Å². The molecule has 3 nitrogen and oxygen atoms in total. The van der Waals surface area contributed by atoms with Gasteiger partial charge in [-0.2, -0.15) is 0 Å². The lowest BCUT2D eigenvalue weighted by Gasteiger charge is -2.34. The average Bonchev–Trinajstić information content (AvgIpc) is 2.06. The van der Waals surface area contributed by atoms with Crippen LogP contribution in [0.15, 0.2) is 0 Å². The quantitative estimate of drug-likeness (QED) is 0.614. The van der Waals surface area contributed by atoms with E-state index in [0.29, 0.717) is 19.3 Å². The first kappa shape index (κ1) is 8.97. The minimum absolute atomic E-state index is 0.293. The summed E-state index contributed by atoms with van der Waals surface area (Å²) in [6.45, 7) is 2.05. The Balaban J connectivity index is 2.31. The zero-order valence-corrected chi connectivity index (χ0v) is 7.00. The molecule has 66 valence electrons. The van der Waals surface area contributed by atoms with Crippen molar-refractivity contribution in [2.24, 2.45) is 5.73 Å².